The van der Waals surface area contributed by atoms with Gasteiger partial charge >= 0.3 is 0 Å². The Labute approximate surface area is 92.4 Å². The maximum atomic E-state index is 5.80. The SMILES string of the molecule is NCCO/N=C/c1ccc(Cl)c(Cl)c1. The van der Waals surface area contributed by atoms with Gasteiger partial charge in [0.25, 0.3) is 0 Å². The number of rotatable bonds is 4. The van der Waals surface area contributed by atoms with Crippen molar-refractivity contribution in [3.8, 4) is 0 Å². The van der Waals surface area contributed by atoms with Gasteiger partial charge in [-0.1, -0.05) is 34.4 Å². The molecule has 1 aromatic carbocycles. The lowest BCUT2D eigenvalue weighted by atomic mass is 10.2. The largest absolute Gasteiger partial charge is 0.394 e. The van der Waals surface area contributed by atoms with Gasteiger partial charge in [0, 0.05) is 6.54 Å². The molecule has 14 heavy (non-hydrogen) atoms. The first-order valence-corrected chi connectivity index (χ1v) is 4.80. The van der Waals surface area contributed by atoms with E-state index in [4.69, 9.17) is 33.8 Å². The Bertz CT molecular complexity index is 329. The molecular formula is C9H10Cl2N2O. The van der Waals surface area contributed by atoms with Crippen molar-refractivity contribution in [3.05, 3.63) is 33.8 Å². The first-order chi connectivity index (χ1) is 6.74. The molecule has 1 rings (SSSR count). The molecule has 5 heteroatoms. The number of nitrogens with two attached hydrogens (primary N) is 1. The third-order valence-electron chi connectivity index (χ3n) is 1.43. The zero-order valence-electron chi connectivity index (χ0n) is 7.41. The van der Waals surface area contributed by atoms with Crippen molar-refractivity contribution in [3.63, 3.8) is 0 Å². The molecule has 76 valence electrons. The first-order valence-electron chi connectivity index (χ1n) is 4.04. The predicted octanol–water partition coefficient (Wildman–Crippen LogP) is 2.30. The van der Waals surface area contributed by atoms with Gasteiger partial charge in [-0.15, -0.1) is 0 Å². The van der Waals surface area contributed by atoms with Crippen molar-refractivity contribution >= 4 is 29.4 Å². The number of hydrogen-bond acceptors (Lipinski definition) is 3. The highest BCUT2D eigenvalue weighted by molar-refractivity contribution is 6.42. The molecule has 0 amide bonds. The van der Waals surface area contributed by atoms with Crippen LogP contribution in [0.25, 0.3) is 0 Å². The Morgan fingerprint density at radius 1 is 1.36 bits per heavy atom. The van der Waals surface area contributed by atoms with Gasteiger partial charge in [0.1, 0.15) is 6.61 Å². The summed E-state index contributed by atoms with van der Waals surface area (Å²) in [6, 6.07) is 5.21. The molecule has 0 aromatic heterocycles. The van der Waals surface area contributed by atoms with Crippen LogP contribution < -0.4 is 5.73 Å². The Balaban J connectivity index is 2.59. The Morgan fingerprint density at radius 2 is 2.14 bits per heavy atom. The van der Waals surface area contributed by atoms with Crippen LogP contribution in [0.2, 0.25) is 10.0 Å². The molecule has 0 heterocycles. The predicted molar refractivity (Wildman–Crippen MR) is 59.1 cm³/mol. The van der Waals surface area contributed by atoms with Gasteiger partial charge in [0.2, 0.25) is 0 Å². The molecule has 0 bridgehead atoms. The van der Waals surface area contributed by atoms with Gasteiger partial charge in [0.15, 0.2) is 0 Å². The van der Waals surface area contributed by atoms with Gasteiger partial charge in [-0.25, -0.2) is 0 Å². The number of benzene rings is 1. The summed E-state index contributed by atoms with van der Waals surface area (Å²) in [6.07, 6.45) is 1.55. The summed E-state index contributed by atoms with van der Waals surface area (Å²) in [7, 11) is 0. The average molecular weight is 233 g/mol. The van der Waals surface area contributed by atoms with Crippen LogP contribution in [0, 0.1) is 0 Å². The summed E-state index contributed by atoms with van der Waals surface area (Å²) in [4.78, 5) is 4.83. The Kier molecular flexibility index (Phi) is 4.73. The summed E-state index contributed by atoms with van der Waals surface area (Å²) in [6.45, 7) is 0.844. The third-order valence-corrected chi connectivity index (χ3v) is 2.17. The maximum absolute atomic E-state index is 5.80. The lowest BCUT2D eigenvalue weighted by molar-refractivity contribution is 0.154. The molecule has 0 spiro atoms. The summed E-state index contributed by atoms with van der Waals surface area (Å²) in [5.74, 6) is 0. The van der Waals surface area contributed by atoms with E-state index in [2.05, 4.69) is 5.16 Å². The van der Waals surface area contributed by atoms with Gasteiger partial charge in [-0.3, -0.25) is 0 Å². The van der Waals surface area contributed by atoms with Crippen molar-refractivity contribution in [2.45, 2.75) is 0 Å². The Morgan fingerprint density at radius 3 is 2.79 bits per heavy atom. The summed E-state index contributed by atoms with van der Waals surface area (Å²) in [5.41, 5.74) is 6.04. The van der Waals surface area contributed by atoms with Crippen LogP contribution in [0.3, 0.4) is 0 Å². The van der Waals surface area contributed by atoms with Crippen LogP contribution >= 0.6 is 23.2 Å². The first kappa shape index (κ1) is 11.3. The van der Waals surface area contributed by atoms with E-state index < -0.39 is 0 Å². The van der Waals surface area contributed by atoms with Crippen molar-refractivity contribution in [2.24, 2.45) is 10.9 Å². The van der Waals surface area contributed by atoms with E-state index >= 15 is 0 Å². The molecule has 0 saturated heterocycles. The standard InChI is InChI=1S/C9H10Cl2N2O/c10-8-2-1-7(5-9(8)11)6-13-14-4-3-12/h1-2,5-6H,3-4,12H2/b13-6+. The quantitative estimate of drug-likeness (QED) is 0.492. The lowest BCUT2D eigenvalue weighted by Crippen LogP contribution is -2.05. The van der Waals surface area contributed by atoms with Gasteiger partial charge in [-0.05, 0) is 17.7 Å². The molecule has 0 unspecified atom stereocenters. The molecule has 2 N–H and O–H groups in total. The molecule has 0 radical (unpaired) electrons. The second kappa shape index (κ2) is 5.86. The number of hydrogen-bond donors (Lipinski definition) is 1. The molecule has 3 nitrogen and oxygen atoms in total. The summed E-state index contributed by atoms with van der Waals surface area (Å²) < 4.78 is 0. The van der Waals surface area contributed by atoms with E-state index in [0.717, 1.165) is 5.56 Å². The van der Waals surface area contributed by atoms with Crippen molar-refractivity contribution in [2.75, 3.05) is 13.2 Å². The van der Waals surface area contributed by atoms with Crippen LogP contribution in [0.1, 0.15) is 5.56 Å². The highest BCUT2D eigenvalue weighted by Gasteiger charge is 1.96. The average Bonchev–Trinajstić information content (AvgIpc) is 2.18. The van der Waals surface area contributed by atoms with Gasteiger partial charge in [0.05, 0.1) is 16.3 Å². The van der Waals surface area contributed by atoms with Crippen molar-refractivity contribution in [1.29, 1.82) is 0 Å². The monoisotopic (exact) mass is 232 g/mol. The topological polar surface area (TPSA) is 47.6 Å². The maximum Gasteiger partial charge on any atom is 0.129 e. The second-order valence-electron chi connectivity index (χ2n) is 2.53. The Hall–Kier alpha value is -0.770. The van der Waals surface area contributed by atoms with Crippen LogP contribution in [0.15, 0.2) is 23.4 Å². The molecule has 0 fully saturated rings. The summed E-state index contributed by atoms with van der Waals surface area (Å²) in [5, 5.41) is 4.71. The fourth-order valence-electron chi connectivity index (χ4n) is 0.796. The number of oxime groups is 1. The van der Waals surface area contributed by atoms with Crippen LogP contribution in [0.4, 0.5) is 0 Å². The lowest BCUT2D eigenvalue weighted by Gasteiger charge is -1.97. The van der Waals surface area contributed by atoms with Crippen LogP contribution in [-0.4, -0.2) is 19.4 Å². The molecule has 1 aromatic rings. The highest BCUT2D eigenvalue weighted by atomic mass is 35.5. The normalized spacial score (nSPS) is 10.8. The number of halogens is 2. The minimum absolute atomic E-state index is 0.401. The molecule has 0 saturated carbocycles. The molecule has 0 aliphatic rings. The van der Waals surface area contributed by atoms with E-state index in [1.165, 1.54) is 0 Å². The zero-order valence-corrected chi connectivity index (χ0v) is 8.92. The smallest absolute Gasteiger partial charge is 0.129 e. The summed E-state index contributed by atoms with van der Waals surface area (Å²) >= 11 is 11.5. The van der Waals surface area contributed by atoms with Crippen molar-refractivity contribution in [1.82, 2.24) is 0 Å². The fourth-order valence-corrected chi connectivity index (χ4v) is 1.10. The minimum atomic E-state index is 0.401. The van der Waals surface area contributed by atoms with E-state index in [-0.39, 0.29) is 0 Å². The van der Waals surface area contributed by atoms with E-state index in [0.29, 0.717) is 23.2 Å². The molecular weight excluding hydrogens is 223 g/mol. The minimum Gasteiger partial charge on any atom is -0.394 e. The molecule has 0 atom stereocenters. The van der Waals surface area contributed by atoms with Gasteiger partial charge < -0.3 is 10.6 Å². The van der Waals surface area contributed by atoms with Gasteiger partial charge in [-0.2, -0.15) is 0 Å². The molecule has 0 aliphatic carbocycles. The van der Waals surface area contributed by atoms with Crippen molar-refractivity contribution < 1.29 is 4.84 Å². The highest BCUT2D eigenvalue weighted by Crippen LogP contribution is 2.21. The third kappa shape index (κ3) is 3.54. The number of nitrogens with zero attached hydrogens (tertiary/aromatic N) is 1. The van der Waals surface area contributed by atoms with Crippen LogP contribution in [0.5, 0.6) is 0 Å². The fraction of sp³-hybridized carbons (Fsp3) is 0.222. The second-order valence-corrected chi connectivity index (χ2v) is 3.34. The van der Waals surface area contributed by atoms with Crippen LogP contribution in [-0.2, 0) is 4.84 Å². The zero-order chi connectivity index (χ0) is 10.4. The van der Waals surface area contributed by atoms with E-state index in [1.807, 2.05) is 0 Å². The van der Waals surface area contributed by atoms with E-state index in [1.54, 1.807) is 24.4 Å². The van der Waals surface area contributed by atoms with E-state index in [9.17, 15) is 0 Å². The molecule has 0 aliphatic heterocycles.